The van der Waals surface area contributed by atoms with Crippen molar-refractivity contribution in [3.63, 3.8) is 0 Å². The lowest BCUT2D eigenvalue weighted by molar-refractivity contribution is 0.275. The molecule has 2 rings (SSSR count). The molecule has 0 saturated heterocycles. The van der Waals surface area contributed by atoms with E-state index in [0.717, 1.165) is 12.5 Å². The van der Waals surface area contributed by atoms with E-state index in [4.69, 9.17) is 4.74 Å². The number of anilines is 1. The number of halogens is 2. The number of ether oxygens (including phenoxy) is 1. The number of pyridine rings is 1. The van der Waals surface area contributed by atoms with Gasteiger partial charge < -0.3 is 10.1 Å². The monoisotopic (exact) mass is 242 g/mol. The van der Waals surface area contributed by atoms with Gasteiger partial charge in [0.25, 0.3) is 5.88 Å². The number of nitrogens with zero attached hydrogens (tertiary/aromatic N) is 1. The van der Waals surface area contributed by atoms with Crippen LogP contribution in [0.25, 0.3) is 0 Å². The molecule has 3 nitrogen and oxygen atoms in total. The average Bonchev–Trinajstić information content (AvgIpc) is 3.08. The van der Waals surface area contributed by atoms with Crippen LogP contribution >= 0.6 is 0 Å². The summed E-state index contributed by atoms with van der Waals surface area (Å²) in [6, 6.07) is 0.803. The van der Waals surface area contributed by atoms with Crippen molar-refractivity contribution < 1.29 is 13.5 Å². The Morgan fingerprint density at radius 2 is 2.18 bits per heavy atom. The molecule has 17 heavy (non-hydrogen) atoms. The predicted octanol–water partition coefficient (Wildman–Crippen LogP) is 2.97. The van der Waals surface area contributed by atoms with Crippen molar-refractivity contribution in [2.75, 3.05) is 18.5 Å². The SMILES string of the molecule is CCNc1nc(OCCC2CC2)c(F)cc1F. The second-order valence-corrected chi connectivity index (χ2v) is 4.22. The smallest absolute Gasteiger partial charge is 0.252 e. The molecule has 1 aliphatic rings. The van der Waals surface area contributed by atoms with Gasteiger partial charge >= 0.3 is 0 Å². The molecule has 0 bridgehead atoms. The summed E-state index contributed by atoms with van der Waals surface area (Å²) in [5.41, 5.74) is 0. The summed E-state index contributed by atoms with van der Waals surface area (Å²) in [5.74, 6) is -0.816. The highest BCUT2D eigenvalue weighted by Gasteiger charge is 2.21. The molecular formula is C12H16F2N2O. The largest absolute Gasteiger partial charge is 0.476 e. The fraction of sp³-hybridized carbons (Fsp3) is 0.583. The number of aromatic nitrogens is 1. The maximum absolute atomic E-state index is 13.4. The summed E-state index contributed by atoms with van der Waals surface area (Å²) in [6.07, 6.45) is 3.37. The van der Waals surface area contributed by atoms with Crippen LogP contribution in [0.1, 0.15) is 26.2 Å². The third-order valence-electron chi connectivity index (χ3n) is 2.70. The van der Waals surface area contributed by atoms with Gasteiger partial charge in [0.15, 0.2) is 17.5 Å². The van der Waals surface area contributed by atoms with E-state index in [-0.39, 0.29) is 11.7 Å². The van der Waals surface area contributed by atoms with E-state index in [1.54, 1.807) is 0 Å². The highest BCUT2D eigenvalue weighted by atomic mass is 19.1. The Kier molecular flexibility index (Phi) is 3.76. The standard InChI is InChI=1S/C12H16F2N2O/c1-2-15-11-9(13)7-10(14)12(16-11)17-6-5-8-3-4-8/h7-8H,2-6H2,1H3,(H,15,16). The Balaban J connectivity index is 2.00. The zero-order valence-corrected chi connectivity index (χ0v) is 9.80. The summed E-state index contributed by atoms with van der Waals surface area (Å²) in [5, 5.41) is 2.72. The van der Waals surface area contributed by atoms with Gasteiger partial charge in [0.05, 0.1) is 6.61 Å². The molecule has 1 aliphatic carbocycles. The molecule has 5 heteroatoms. The fourth-order valence-electron chi connectivity index (χ4n) is 1.57. The summed E-state index contributed by atoms with van der Waals surface area (Å²) in [4.78, 5) is 3.80. The minimum Gasteiger partial charge on any atom is -0.476 e. The van der Waals surface area contributed by atoms with Gasteiger partial charge in [-0.25, -0.2) is 8.78 Å². The molecule has 0 unspecified atom stereocenters. The zero-order chi connectivity index (χ0) is 12.3. The first-order valence-corrected chi connectivity index (χ1v) is 5.93. The molecule has 1 aromatic rings. The lowest BCUT2D eigenvalue weighted by atomic mass is 10.3. The van der Waals surface area contributed by atoms with Crippen LogP contribution in [0, 0.1) is 17.6 Å². The number of hydrogen-bond acceptors (Lipinski definition) is 3. The van der Waals surface area contributed by atoms with Gasteiger partial charge in [-0.1, -0.05) is 12.8 Å². The highest BCUT2D eigenvalue weighted by Crippen LogP contribution is 2.32. The van der Waals surface area contributed by atoms with Crippen LogP contribution in [0.5, 0.6) is 5.88 Å². The second-order valence-electron chi connectivity index (χ2n) is 4.22. The van der Waals surface area contributed by atoms with E-state index in [1.807, 2.05) is 6.92 Å². The molecule has 0 amide bonds. The quantitative estimate of drug-likeness (QED) is 0.832. The molecule has 0 radical (unpaired) electrons. The lowest BCUT2D eigenvalue weighted by Crippen LogP contribution is -2.07. The van der Waals surface area contributed by atoms with E-state index in [9.17, 15) is 8.78 Å². The Morgan fingerprint density at radius 1 is 1.41 bits per heavy atom. The Morgan fingerprint density at radius 3 is 2.82 bits per heavy atom. The van der Waals surface area contributed by atoms with Crippen LogP contribution in [-0.4, -0.2) is 18.1 Å². The maximum atomic E-state index is 13.4. The van der Waals surface area contributed by atoms with Crippen molar-refractivity contribution >= 4 is 5.82 Å². The third-order valence-corrected chi connectivity index (χ3v) is 2.70. The van der Waals surface area contributed by atoms with Gasteiger partial charge in [0, 0.05) is 12.6 Å². The van der Waals surface area contributed by atoms with Gasteiger partial charge in [-0.05, 0) is 19.3 Å². The van der Waals surface area contributed by atoms with E-state index in [1.165, 1.54) is 12.8 Å². The maximum Gasteiger partial charge on any atom is 0.252 e. The van der Waals surface area contributed by atoms with Gasteiger partial charge in [-0.3, -0.25) is 0 Å². The molecule has 0 aliphatic heterocycles. The van der Waals surface area contributed by atoms with Crippen LogP contribution in [-0.2, 0) is 0 Å². The zero-order valence-electron chi connectivity index (χ0n) is 9.80. The van der Waals surface area contributed by atoms with E-state index in [2.05, 4.69) is 10.3 Å². The fourth-order valence-corrected chi connectivity index (χ4v) is 1.57. The van der Waals surface area contributed by atoms with E-state index >= 15 is 0 Å². The number of hydrogen-bond donors (Lipinski definition) is 1. The third kappa shape index (κ3) is 3.28. The van der Waals surface area contributed by atoms with Gasteiger partial charge in [0.1, 0.15) is 0 Å². The molecule has 1 aromatic heterocycles. The van der Waals surface area contributed by atoms with Crippen LogP contribution in [0.15, 0.2) is 6.07 Å². The summed E-state index contributed by atoms with van der Waals surface area (Å²) < 4.78 is 31.8. The van der Waals surface area contributed by atoms with Crippen molar-refractivity contribution in [2.45, 2.75) is 26.2 Å². The molecule has 1 heterocycles. The molecule has 0 atom stereocenters. The highest BCUT2D eigenvalue weighted by molar-refractivity contribution is 5.39. The Bertz CT molecular complexity index is 394. The number of rotatable bonds is 6. The predicted molar refractivity (Wildman–Crippen MR) is 61.2 cm³/mol. The first-order chi connectivity index (χ1) is 8.20. The van der Waals surface area contributed by atoms with E-state index < -0.39 is 11.6 Å². The topological polar surface area (TPSA) is 34.2 Å². The molecular weight excluding hydrogens is 226 g/mol. The molecule has 1 saturated carbocycles. The molecule has 0 spiro atoms. The Labute approximate surface area is 99.2 Å². The van der Waals surface area contributed by atoms with Crippen LogP contribution in [0.3, 0.4) is 0 Å². The lowest BCUT2D eigenvalue weighted by Gasteiger charge is -2.09. The van der Waals surface area contributed by atoms with Crippen molar-refractivity contribution in [1.29, 1.82) is 0 Å². The molecule has 94 valence electrons. The van der Waals surface area contributed by atoms with Crippen LogP contribution in [0.2, 0.25) is 0 Å². The summed E-state index contributed by atoms with van der Waals surface area (Å²) >= 11 is 0. The minimum absolute atomic E-state index is 0.0373. The van der Waals surface area contributed by atoms with E-state index in [0.29, 0.717) is 19.1 Å². The second kappa shape index (κ2) is 5.29. The van der Waals surface area contributed by atoms with Crippen molar-refractivity contribution in [3.8, 4) is 5.88 Å². The minimum atomic E-state index is -0.750. The first kappa shape index (κ1) is 12.1. The van der Waals surface area contributed by atoms with Gasteiger partial charge in [-0.15, -0.1) is 0 Å². The van der Waals surface area contributed by atoms with Crippen LogP contribution in [0.4, 0.5) is 14.6 Å². The van der Waals surface area contributed by atoms with Gasteiger partial charge in [-0.2, -0.15) is 4.98 Å². The summed E-state index contributed by atoms with van der Waals surface area (Å²) in [6.45, 7) is 2.78. The molecule has 1 fully saturated rings. The average molecular weight is 242 g/mol. The summed E-state index contributed by atoms with van der Waals surface area (Å²) in [7, 11) is 0. The molecule has 1 N–H and O–H groups in total. The van der Waals surface area contributed by atoms with Crippen molar-refractivity contribution in [2.24, 2.45) is 5.92 Å². The number of nitrogens with one attached hydrogen (secondary N) is 1. The first-order valence-electron chi connectivity index (χ1n) is 5.93. The Hall–Kier alpha value is -1.39. The van der Waals surface area contributed by atoms with Crippen molar-refractivity contribution in [3.05, 3.63) is 17.7 Å². The molecule has 0 aromatic carbocycles. The van der Waals surface area contributed by atoms with Crippen molar-refractivity contribution in [1.82, 2.24) is 4.98 Å². The normalized spacial score (nSPS) is 14.8. The van der Waals surface area contributed by atoms with Crippen LogP contribution < -0.4 is 10.1 Å². The van der Waals surface area contributed by atoms with Gasteiger partial charge in [0.2, 0.25) is 0 Å².